The van der Waals surface area contributed by atoms with Gasteiger partial charge in [0.2, 0.25) is 5.91 Å². The second-order valence-corrected chi connectivity index (χ2v) is 6.29. The maximum Gasteiger partial charge on any atom is 0.234 e. The van der Waals surface area contributed by atoms with Crippen LogP contribution in [0.1, 0.15) is 31.2 Å². The van der Waals surface area contributed by atoms with Gasteiger partial charge in [-0.15, -0.1) is 0 Å². The summed E-state index contributed by atoms with van der Waals surface area (Å²) in [4.78, 5) is 20.6. The molecule has 0 spiro atoms. The van der Waals surface area contributed by atoms with E-state index in [1.54, 1.807) is 12.4 Å². The smallest absolute Gasteiger partial charge is 0.234 e. The standard InChI is InChI=1S/C17H28N4O/c1-20(11-8-16-7-3-4-10-21(16)2)14-17(22)19-13-15-6-5-9-18-12-15/h5-6,9,12,16H,3-4,7-8,10-11,13-14H2,1-2H3,(H,19,22)/t16-/m1/s1. The van der Waals surface area contributed by atoms with E-state index in [0.29, 0.717) is 19.1 Å². The summed E-state index contributed by atoms with van der Waals surface area (Å²) in [7, 11) is 4.23. The highest BCUT2D eigenvalue weighted by Gasteiger charge is 2.19. The molecule has 1 N–H and O–H groups in total. The Morgan fingerprint density at radius 2 is 2.36 bits per heavy atom. The third-order valence-corrected chi connectivity index (χ3v) is 4.39. The first-order valence-electron chi connectivity index (χ1n) is 8.19. The molecule has 1 aliphatic heterocycles. The Kier molecular flexibility index (Phi) is 6.80. The highest BCUT2D eigenvalue weighted by molar-refractivity contribution is 5.77. The Hall–Kier alpha value is -1.46. The number of likely N-dealkylation sites (tertiary alicyclic amines) is 1. The zero-order chi connectivity index (χ0) is 15.8. The van der Waals surface area contributed by atoms with E-state index in [0.717, 1.165) is 18.5 Å². The van der Waals surface area contributed by atoms with Gasteiger partial charge in [0, 0.05) is 25.0 Å². The van der Waals surface area contributed by atoms with Gasteiger partial charge in [-0.25, -0.2) is 0 Å². The maximum absolute atomic E-state index is 12.0. The van der Waals surface area contributed by atoms with Crippen LogP contribution in [0, 0.1) is 0 Å². The number of amides is 1. The Balaban J connectivity index is 1.63. The average molecular weight is 304 g/mol. The minimum absolute atomic E-state index is 0.0725. The number of aromatic nitrogens is 1. The largest absolute Gasteiger partial charge is 0.351 e. The first kappa shape index (κ1) is 16.9. The lowest BCUT2D eigenvalue weighted by Crippen LogP contribution is -2.40. The van der Waals surface area contributed by atoms with Gasteiger partial charge in [-0.3, -0.25) is 14.7 Å². The molecule has 2 heterocycles. The number of hydrogen-bond acceptors (Lipinski definition) is 4. The molecule has 1 aromatic heterocycles. The fourth-order valence-corrected chi connectivity index (χ4v) is 2.96. The van der Waals surface area contributed by atoms with Gasteiger partial charge in [-0.2, -0.15) is 0 Å². The second-order valence-electron chi connectivity index (χ2n) is 6.29. The molecule has 122 valence electrons. The summed E-state index contributed by atoms with van der Waals surface area (Å²) in [5.74, 6) is 0.0725. The van der Waals surface area contributed by atoms with E-state index in [-0.39, 0.29) is 5.91 Å². The molecule has 0 radical (unpaired) electrons. The SMILES string of the molecule is CN(CC[C@H]1CCCCN1C)CC(=O)NCc1cccnc1. The van der Waals surface area contributed by atoms with Crippen LogP contribution in [0.15, 0.2) is 24.5 Å². The van der Waals surface area contributed by atoms with Crippen LogP contribution in [0.25, 0.3) is 0 Å². The van der Waals surface area contributed by atoms with Gasteiger partial charge in [0.15, 0.2) is 0 Å². The molecule has 0 unspecified atom stereocenters. The summed E-state index contributed by atoms with van der Waals surface area (Å²) >= 11 is 0. The Bertz CT molecular complexity index is 451. The first-order chi connectivity index (χ1) is 10.6. The predicted octanol–water partition coefficient (Wildman–Crippen LogP) is 1.50. The summed E-state index contributed by atoms with van der Waals surface area (Å²) in [6.07, 6.45) is 8.61. The van der Waals surface area contributed by atoms with Crippen molar-refractivity contribution in [3.05, 3.63) is 30.1 Å². The molecule has 1 atom stereocenters. The lowest BCUT2D eigenvalue weighted by atomic mass is 10.00. The highest BCUT2D eigenvalue weighted by Crippen LogP contribution is 2.17. The Morgan fingerprint density at radius 1 is 1.50 bits per heavy atom. The molecule has 0 aliphatic carbocycles. The predicted molar refractivity (Wildman–Crippen MR) is 88.5 cm³/mol. The topological polar surface area (TPSA) is 48.5 Å². The summed E-state index contributed by atoms with van der Waals surface area (Å²) < 4.78 is 0. The molecule has 2 rings (SSSR count). The third-order valence-electron chi connectivity index (χ3n) is 4.39. The second kappa shape index (κ2) is 8.86. The number of nitrogens with zero attached hydrogens (tertiary/aromatic N) is 3. The van der Waals surface area contributed by atoms with Crippen molar-refractivity contribution in [2.24, 2.45) is 0 Å². The van der Waals surface area contributed by atoms with Crippen LogP contribution in [0.4, 0.5) is 0 Å². The number of carbonyl (C=O) groups excluding carboxylic acids is 1. The van der Waals surface area contributed by atoms with Crippen molar-refractivity contribution >= 4 is 5.91 Å². The fraction of sp³-hybridized carbons (Fsp3) is 0.647. The molecule has 5 nitrogen and oxygen atoms in total. The van der Waals surface area contributed by atoms with E-state index in [4.69, 9.17) is 0 Å². The number of likely N-dealkylation sites (N-methyl/N-ethyl adjacent to an activating group) is 1. The number of pyridine rings is 1. The Labute approximate surface area is 133 Å². The van der Waals surface area contributed by atoms with Crippen molar-refractivity contribution in [2.75, 3.05) is 33.7 Å². The van der Waals surface area contributed by atoms with Gasteiger partial charge in [0.1, 0.15) is 0 Å². The molecular weight excluding hydrogens is 276 g/mol. The number of hydrogen-bond donors (Lipinski definition) is 1. The zero-order valence-corrected chi connectivity index (χ0v) is 13.8. The summed E-state index contributed by atoms with van der Waals surface area (Å²) in [5, 5.41) is 2.95. The van der Waals surface area contributed by atoms with E-state index in [1.165, 1.54) is 25.8 Å². The van der Waals surface area contributed by atoms with Crippen LogP contribution in [-0.4, -0.2) is 60.5 Å². The van der Waals surface area contributed by atoms with Gasteiger partial charge in [0.25, 0.3) is 0 Å². The van der Waals surface area contributed by atoms with Gasteiger partial charge < -0.3 is 10.2 Å². The lowest BCUT2D eigenvalue weighted by Gasteiger charge is -2.33. The molecule has 1 aliphatic rings. The van der Waals surface area contributed by atoms with E-state index < -0.39 is 0 Å². The van der Waals surface area contributed by atoms with E-state index in [9.17, 15) is 4.79 Å². The van der Waals surface area contributed by atoms with Gasteiger partial charge >= 0.3 is 0 Å². The summed E-state index contributed by atoms with van der Waals surface area (Å²) in [6.45, 7) is 3.18. The molecule has 5 heteroatoms. The maximum atomic E-state index is 12.0. The van der Waals surface area contributed by atoms with Crippen LogP contribution >= 0.6 is 0 Å². The van der Waals surface area contributed by atoms with Crippen molar-refractivity contribution in [1.82, 2.24) is 20.1 Å². The molecule has 0 aromatic carbocycles. The van der Waals surface area contributed by atoms with Gasteiger partial charge in [0.05, 0.1) is 6.54 Å². The minimum atomic E-state index is 0.0725. The van der Waals surface area contributed by atoms with Crippen LogP contribution in [-0.2, 0) is 11.3 Å². The first-order valence-corrected chi connectivity index (χ1v) is 8.19. The monoisotopic (exact) mass is 304 g/mol. The highest BCUT2D eigenvalue weighted by atomic mass is 16.2. The van der Waals surface area contributed by atoms with E-state index >= 15 is 0 Å². The van der Waals surface area contributed by atoms with Gasteiger partial charge in [-0.1, -0.05) is 12.5 Å². The van der Waals surface area contributed by atoms with Crippen molar-refractivity contribution in [1.29, 1.82) is 0 Å². The van der Waals surface area contributed by atoms with Crippen LogP contribution in [0.3, 0.4) is 0 Å². The lowest BCUT2D eigenvalue weighted by molar-refractivity contribution is -0.122. The quantitative estimate of drug-likeness (QED) is 0.829. The minimum Gasteiger partial charge on any atom is -0.351 e. The summed E-state index contributed by atoms with van der Waals surface area (Å²) in [5.41, 5.74) is 1.03. The number of piperidine rings is 1. The van der Waals surface area contributed by atoms with Crippen LogP contribution in [0.2, 0.25) is 0 Å². The molecule has 0 saturated carbocycles. The molecule has 1 aromatic rings. The fourth-order valence-electron chi connectivity index (χ4n) is 2.96. The van der Waals surface area contributed by atoms with Crippen LogP contribution in [0.5, 0.6) is 0 Å². The zero-order valence-electron chi connectivity index (χ0n) is 13.8. The number of rotatable bonds is 7. The molecular formula is C17H28N4O. The molecule has 1 fully saturated rings. The van der Waals surface area contributed by atoms with Crippen molar-refractivity contribution < 1.29 is 4.79 Å². The normalized spacial score (nSPS) is 19.3. The van der Waals surface area contributed by atoms with Crippen molar-refractivity contribution in [2.45, 2.75) is 38.3 Å². The number of carbonyl (C=O) groups is 1. The molecule has 1 saturated heterocycles. The third kappa shape index (κ3) is 5.73. The van der Waals surface area contributed by atoms with Gasteiger partial charge in [-0.05, 0) is 58.1 Å². The van der Waals surface area contributed by atoms with E-state index in [1.807, 2.05) is 19.2 Å². The molecule has 22 heavy (non-hydrogen) atoms. The van der Waals surface area contributed by atoms with Crippen molar-refractivity contribution in [3.63, 3.8) is 0 Å². The van der Waals surface area contributed by atoms with Crippen molar-refractivity contribution in [3.8, 4) is 0 Å². The number of nitrogens with one attached hydrogen (secondary N) is 1. The Morgan fingerprint density at radius 3 is 3.09 bits per heavy atom. The van der Waals surface area contributed by atoms with Crippen LogP contribution < -0.4 is 5.32 Å². The summed E-state index contributed by atoms with van der Waals surface area (Å²) in [6, 6.07) is 4.53. The average Bonchev–Trinajstić information content (AvgIpc) is 2.53. The molecule has 0 bridgehead atoms. The van der Waals surface area contributed by atoms with E-state index in [2.05, 4.69) is 27.1 Å². The molecule has 1 amide bonds.